The molecule has 0 heterocycles. The van der Waals surface area contributed by atoms with E-state index in [0.717, 1.165) is 6.54 Å². The molecule has 1 aromatic carbocycles. The molecule has 0 spiro atoms. The van der Waals surface area contributed by atoms with E-state index in [1.54, 1.807) is 0 Å². The largest absolute Gasteiger partial charge is 0.300 e. The van der Waals surface area contributed by atoms with E-state index >= 15 is 0 Å². The van der Waals surface area contributed by atoms with Crippen LogP contribution in [0, 0.1) is 6.92 Å². The summed E-state index contributed by atoms with van der Waals surface area (Å²) in [6, 6.07) is 8.68. The number of rotatable bonds is 7. The predicted octanol–water partition coefficient (Wildman–Crippen LogP) is 4.13. The monoisotopic (exact) mass is 231 g/mol. The second-order valence-electron chi connectivity index (χ2n) is 4.61. The third-order valence-corrected chi connectivity index (χ3v) is 2.83. The summed E-state index contributed by atoms with van der Waals surface area (Å²) >= 11 is 0. The van der Waals surface area contributed by atoms with Gasteiger partial charge in [0.15, 0.2) is 0 Å². The van der Waals surface area contributed by atoms with Crippen LogP contribution in [0.2, 0.25) is 0 Å². The van der Waals surface area contributed by atoms with Gasteiger partial charge in [-0.3, -0.25) is 4.90 Å². The van der Waals surface area contributed by atoms with Crippen LogP contribution in [0.1, 0.15) is 37.8 Å². The van der Waals surface area contributed by atoms with Crippen molar-refractivity contribution >= 4 is 6.08 Å². The Kier molecular flexibility index (Phi) is 6.64. The molecular weight excluding hydrogens is 206 g/mol. The SMILES string of the molecule is CCCN(CC=Cc1ccc(C)cc1)CCC. The first-order valence-electron chi connectivity index (χ1n) is 6.71. The number of hydrogen-bond donors (Lipinski definition) is 0. The molecule has 0 fully saturated rings. The first-order chi connectivity index (χ1) is 8.26. The maximum Gasteiger partial charge on any atom is 0.0166 e. The molecule has 0 unspecified atom stereocenters. The molecule has 0 radical (unpaired) electrons. The minimum absolute atomic E-state index is 1.07. The van der Waals surface area contributed by atoms with E-state index in [0.29, 0.717) is 0 Å². The first kappa shape index (κ1) is 14.0. The summed E-state index contributed by atoms with van der Waals surface area (Å²) in [5, 5.41) is 0. The molecule has 0 aliphatic heterocycles. The van der Waals surface area contributed by atoms with Gasteiger partial charge in [0, 0.05) is 6.54 Å². The summed E-state index contributed by atoms with van der Waals surface area (Å²) in [6.07, 6.45) is 6.96. The topological polar surface area (TPSA) is 3.24 Å². The van der Waals surface area contributed by atoms with Crippen molar-refractivity contribution in [2.24, 2.45) is 0 Å². The lowest BCUT2D eigenvalue weighted by Crippen LogP contribution is -2.25. The molecule has 0 aromatic heterocycles. The lowest BCUT2D eigenvalue weighted by atomic mass is 10.1. The molecule has 1 nitrogen and oxygen atoms in total. The van der Waals surface area contributed by atoms with Crippen molar-refractivity contribution in [3.05, 3.63) is 41.5 Å². The van der Waals surface area contributed by atoms with Crippen molar-refractivity contribution in [1.82, 2.24) is 4.90 Å². The summed E-state index contributed by atoms with van der Waals surface area (Å²) < 4.78 is 0. The number of hydrogen-bond acceptors (Lipinski definition) is 1. The molecule has 1 rings (SSSR count). The van der Waals surface area contributed by atoms with Gasteiger partial charge in [0.1, 0.15) is 0 Å². The van der Waals surface area contributed by atoms with Crippen molar-refractivity contribution in [3.8, 4) is 0 Å². The van der Waals surface area contributed by atoms with Gasteiger partial charge >= 0.3 is 0 Å². The number of nitrogens with zero attached hydrogens (tertiary/aromatic N) is 1. The van der Waals surface area contributed by atoms with Gasteiger partial charge in [-0.2, -0.15) is 0 Å². The average Bonchev–Trinajstić information content (AvgIpc) is 2.32. The van der Waals surface area contributed by atoms with Crippen molar-refractivity contribution in [1.29, 1.82) is 0 Å². The summed E-state index contributed by atoms with van der Waals surface area (Å²) in [5.41, 5.74) is 2.62. The highest BCUT2D eigenvalue weighted by molar-refractivity contribution is 5.49. The fraction of sp³-hybridized carbons (Fsp3) is 0.500. The highest BCUT2D eigenvalue weighted by Gasteiger charge is 1.98. The smallest absolute Gasteiger partial charge is 0.0166 e. The van der Waals surface area contributed by atoms with Crippen LogP contribution in [-0.4, -0.2) is 24.5 Å². The molecular formula is C16H25N. The van der Waals surface area contributed by atoms with Crippen molar-refractivity contribution in [2.45, 2.75) is 33.6 Å². The van der Waals surface area contributed by atoms with Crippen molar-refractivity contribution < 1.29 is 0 Å². The Labute approximate surface area is 106 Å². The van der Waals surface area contributed by atoms with Gasteiger partial charge in [-0.25, -0.2) is 0 Å². The molecule has 0 aliphatic carbocycles. The van der Waals surface area contributed by atoms with E-state index in [-0.39, 0.29) is 0 Å². The molecule has 0 atom stereocenters. The van der Waals surface area contributed by atoms with Gasteiger partial charge in [0.05, 0.1) is 0 Å². The second kappa shape index (κ2) is 8.08. The molecule has 0 N–H and O–H groups in total. The van der Waals surface area contributed by atoms with Crippen LogP contribution in [0.15, 0.2) is 30.3 Å². The lowest BCUT2D eigenvalue weighted by molar-refractivity contribution is 0.304. The van der Waals surface area contributed by atoms with Gasteiger partial charge in [-0.15, -0.1) is 0 Å². The third kappa shape index (κ3) is 5.69. The maximum absolute atomic E-state index is 2.50. The van der Waals surface area contributed by atoms with E-state index in [9.17, 15) is 0 Å². The Hall–Kier alpha value is -1.08. The number of aryl methyl sites for hydroxylation is 1. The Morgan fingerprint density at radius 1 is 1.00 bits per heavy atom. The number of benzene rings is 1. The Bertz CT molecular complexity index is 318. The molecule has 0 amide bonds. The van der Waals surface area contributed by atoms with Crippen LogP contribution < -0.4 is 0 Å². The predicted molar refractivity (Wildman–Crippen MR) is 77.2 cm³/mol. The standard InChI is InChI=1S/C16H25N/c1-4-12-17(13-5-2)14-6-7-16-10-8-15(3)9-11-16/h6-11H,4-5,12-14H2,1-3H3. The molecule has 0 aliphatic rings. The van der Waals surface area contributed by atoms with Gasteiger partial charge in [0.2, 0.25) is 0 Å². The molecule has 1 heteroatoms. The quantitative estimate of drug-likeness (QED) is 0.682. The zero-order valence-corrected chi connectivity index (χ0v) is 11.4. The molecule has 17 heavy (non-hydrogen) atoms. The van der Waals surface area contributed by atoms with E-state index in [2.05, 4.69) is 62.1 Å². The summed E-state index contributed by atoms with van der Waals surface area (Å²) in [7, 11) is 0. The normalized spacial score (nSPS) is 11.5. The zero-order valence-electron chi connectivity index (χ0n) is 11.4. The van der Waals surface area contributed by atoms with E-state index in [4.69, 9.17) is 0 Å². The summed E-state index contributed by atoms with van der Waals surface area (Å²) in [5.74, 6) is 0. The Balaban J connectivity index is 2.44. The highest BCUT2D eigenvalue weighted by atomic mass is 15.1. The van der Waals surface area contributed by atoms with Crippen LogP contribution in [0.3, 0.4) is 0 Å². The van der Waals surface area contributed by atoms with Crippen molar-refractivity contribution in [2.75, 3.05) is 19.6 Å². The van der Waals surface area contributed by atoms with E-state index in [1.807, 2.05) is 0 Å². The summed E-state index contributed by atoms with van der Waals surface area (Å²) in [6.45, 7) is 10.1. The Morgan fingerprint density at radius 3 is 2.12 bits per heavy atom. The van der Waals surface area contributed by atoms with Crippen LogP contribution in [0.25, 0.3) is 6.08 Å². The van der Waals surface area contributed by atoms with Crippen LogP contribution >= 0.6 is 0 Å². The fourth-order valence-corrected chi connectivity index (χ4v) is 1.94. The van der Waals surface area contributed by atoms with Crippen LogP contribution in [0.4, 0.5) is 0 Å². The van der Waals surface area contributed by atoms with E-state index < -0.39 is 0 Å². The van der Waals surface area contributed by atoms with Crippen LogP contribution in [-0.2, 0) is 0 Å². The maximum atomic E-state index is 2.50. The molecule has 94 valence electrons. The average molecular weight is 231 g/mol. The second-order valence-corrected chi connectivity index (χ2v) is 4.61. The molecule has 1 aromatic rings. The minimum Gasteiger partial charge on any atom is -0.300 e. The van der Waals surface area contributed by atoms with Crippen molar-refractivity contribution in [3.63, 3.8) is 0 Å². The molecule has 0 saturated heterocycles. The van der Waals surface area contributed by atoms with Gasteiger partial charge in [-0.05, 0) is 38.4 Å². The molecule has 0 saturated carbocycles. The summed E-state index contributed by atoms with van der Waals surface area (Å²) in [4.78, 5) is 2.50. The minimum atomic E-state index is 1.07. The lowest BCUT2D eigenvalue weighted by Gasteiger charge is -2.18. The van der Waals surface area contributed by atoms with Gasteiger partial charge < -0.3 is 0 Å². The molecule has 0 bridgehead atoms. The highest BCUT2D eigenvalue weighted by Crippen LogP contribution is 2.05. The van der Waals surface area contributed by atoms with Gasteiger partial charge in [-0.1, -0.05) is 55.8 Å². The van der Waals surface area contributed by atoms with Gasteiger partial charge in [0.25, 0.3) is 0 Å². The zero-order chi connectivity index (χ0) is 12.5. The van der Waals surface area contributed by atoms with Crippen LogP contribution in [0.5, 0.6) is 0 Å². The first-order valence-corrected chi connectivity index (χ1v) is 6.71. The fourth-order valence-electron chi connectivity index (χ4n) is 1.94. The Morgan fingerprint density at radius 2 is 1.59 bits per heavy atom. The third-order valence-electron chi connectivity index (χ3n) is 2.83. The van der Waals surface area contributed by atoms with E-state index in [1.165, 1.54) is 37.1 Å².